The Hall–Kier alpha value is -1.80. The van der Waals surface area contributed by atoms with E-state index in [1.165, 1.54) is 19.3 Å². The smallest absolute Gasteiger partial charge is 0.316 e. The molecule has 2 aliphatic rings. The van der Waals surface area contributed by atoms with Crippen molar-refractivity contribution in [2.24, 2.45) is 15.7 Å². The van der Waals surface area contributed by atoms with Gasteiger partial charge in [-0.05, 0) is 52.1 Å². The van der Waals surface area contributed by atoms with E-state index in [0.29, 0.717) is 6.42 Å². The number of aromatic amines is 2. The van der Waals surface area contributed by atoms with Crippen LogP contribution in [0, 0.1) is 0 Å². The molecule has 1 aromatic heterocycles. The Morgan fingerprint density at radius 3 is 2.70 bits per heavy atom. The minimum absolute atomic E-state index is 0.0749. The van der Waals surface area contributed by atoms with Crippen LogP contribution in [0.25, 0.3) is 0 Å². The van der Waals surface area contributed by atoms with Gasteiger partial charge in [-0.15, -0.1) is 0 Å². The molecular weight excluding hydrogens is 296 g/mol. The molecule has 2 atom stereocenters. The molecular formula is C15H24N6O2. The topological polar surface area (TPSA) is 120 Å². The van der Waals surface area contributed by atoms with E-state index in [-0.39, 0.29) is 17.0 Å². The highest BCUT2D eigenvalue weighted by atomic mass is 16.2. The van der Waals surface area contributed by atoms with Gasteiger partial charge in [0.1, 0.15) is 0 Å². The summed E-state index contributed by atoms with van der Waals surface area (Å²) in [6.07, 6.45) is 6.27. The average molecular weight is 320 g/mol. The highest BCUT2D eigenvalue weighted by Crippen LogP contribution is 2.21. The maximum atomic E-state index is 11.8. The van der Waals surface area contributed by atoms with Crippen LogP contribution in [0.2, 0.25) is 0 Å². The fourth-order valence-corrected chi connectivity index (χ4v) is 3.35. The highest BCUT2D eigenvalue weighted by molar-refractivity contribution is 4.95. The van der Waals surface area contributed by atoms with Crippen molar-refractivity contribution in [2.75, 3.05) is 13.1 Å². The van der Waals surface area contributed by atoms with Crippen LogP contribution < -0.4 is 27.8 Å². The summed E-state index contributed by atoms with van der Waals surface area (Å²) in [4.78, 5) is 38.9. The van der Waals surface area contributed by atoms with Crippen LogP contribution in [0.15, 0.2) is 19.6 Å². The lowest BCUT2D eigenvalue weighted by molar-refractivity contribution is 0.154. The number of likely N-dealkylation sites (tertiary alicyclic amines) is 1. The molecule has 1 fully saturated rings. The van der Waals surface area contributed by atoms with Gasteiger partial charge >= 0.3 is 5.69 Å². The first-order chi connectivity index (χ1) is 11.0. The number of aromatic nitrogens is 2. The molecule has 0 radical (unpaired) electrons. The Bertz CT molecular complexity index is 791. The van der Waals surface area contributed by atoms with Crippen molar-refractivity contribution < 1.29 is 0 Å². The molecule has 8 nitrogen and oxygen atoms in total. The number of piperidine rings is 1. The summed E-state index contributed by atoms with van der Waals surface area (Å²) in [6, 6.07) is 0. The number of fused-ring (bicyclic) bond motifs is 1. The van der Waals surface area contributed by atoms with Crippen LogP contribution in [0.5, 0.6) is 0 Å². The second-order valence-corrected chi connectivity index (χ2v) is 6.60. The second-order valence-electron chi connectivity index (χ2n) is 6.60. The van der Waals surface area contributed by atoms with Crippen molar-refractivity contribution in [3.05, 3.63) is 31.7 Å². The zero-order valence-corrected chi connectivity index (χ0v) is 13.5. The Labute approximate surface area is 133 Å². The first-order valence-corrected chi connectivity index (χ1v) is 8.29. The predicted molar refractivity (Wildman–Crippen MR) is 85.7 cm³/mol. The van der Waals surface area contributed by atoms with Crippen LogP contribution in [-0.4, -0.2) is 39.8 Å². The zero-order chi connectivity index (χ0) is 16.4. The van der Waals surface area contributed by atoms with E-state index in [1.54, 1.807) is 0 Å². The molecule has 0 spiro atoms. The summed E-state index contributed by atoms with van der Waals surface area (Å²) in [5.74, 6) is 0. The molecule has 8 heteroatoms. The summed E-state index contributed by atoms with van der Waals surface area (Å²) in [5, 5.41) is 0.215. The average Bonchev–Trinajstić information content (AvgIpc) is 2.85. The van der Waals surface area contributed by atoms with E-state index in [1.807, 2.05) is 6.92 Å². The maximum Gasteiger partial charge on any atom is 0.327 e. The fraction of sp³-hybridized carbons (Fsp3) is 0.733. The number of rotatable bonds is 5. The summed E-state index contributed by atoms with van der Waals surface area (Å²) in [7, 11) is 0. The van der Waals surface area contributed by atoms with Gasteiger partial charge in [-0.3, -0.25) is 19.7 Å². The highest BCUT2D eigenvalue weighted by Gasteiger charge is 2.27. The lowest BCUT2D eigenvalue weighted by atomic mass is 10.0. The van der Waals surface area contributed by atoms with E-state index < -0.39 is 16.9 Å². The maximum absolute atomic E-state index is 11.8. The van der Waals surface area contributed by atoms with Gasteiger partial charge in [-0.1, -0.05) is 6.42 Å². The summed E-state index contributed by atoms with van der Waals surface area (Å²) >= 11 is 0. The Morgan fingerprint density at radius 2 is 1.96 bits per heavy atom. The summed E-state index contributed by atoms with van der Waals surface area (Å²) in [5.41, 5.74) is 4.82. The van der Waals surface area contributed by atoms with E-state index in [4.69, 9.17) is 5.73 Å². The molecule has 2 aliphatic heterocycles. The SMILES string of the molecule is CC1(CCCC(N)N2CCCCC2)N=c2[nH]c(=O)[nH]c(=O)c2=N1. The quantitative estimate of drug-likeness (QED) is 0.642. The van der Waals surface area contributed by atoms with E-state index >= 15 is 0 Å². The standard InChI is InChI=1S/C15H24N6O2/c1-15(7-5-6-10(16)21-8-3-2-4-9-21)19-11-12(20-15)17-14(23)18-13(11)22/h10H,2-9,16H2,1H3,(H2,17,18,20,22,23). The molecule has 2 unspecified atom stereocenters. The molecule has 23 heavy (non-hydrogen) atoms. The number of hydrogen-bond donors (Lipinski definition) is 3. The number of nitrogens with two attached hydrogens (primary N) is 1. The van der Waals surface area contributed by atoms with E-state index in [9.17, 15) is 9.59 Å². The molecule has 3 heterocycles. The van der Waals surface area contributed by atoms with Crippen molar-refractivity contribution in [1.82, 2.24) is 14.9 Å². The van der Waals surface area contributed by atoms with Gasteiger partial charge in [0.25, 0.3) is 5.56 Å². The third-order valence-corrected chi connectivity index (χ3v) is 4.61. The first kappa shape index (κ1) is 16.1. The Kier molecular flexibility index (Phi) is 4.45. The van der Waals surface area contributed by atoms with Crippen LogP contribution in [0.1, 0.15) is 45.4 Å². The lowest BCUT2D eigenvalue weighted by Crippen LogP contribution is -2.46. The van der Waals surface area contributed by atoms with Crippen molar-refractivity contribution >= 4 is 0 Å². The summed E-state index contributed by atoms with van der Waals surface area (Å²) < 4.78 is 0. The molecule has 0 aliphatic carbocycles. The van der Waals surface area contributed by atoms with Gasteiger partial charge in [0.15, 0.2) is 16.5 Å². The van der Waals surface area contributed by atoms with Crippen molar-refractivity contribution in [2.45, 2.75) is 57.3 Å². The molecule has 0 bridgehead atoms. The monoisotopic (exact) mass is 320 g/mol. The molecule has 0 saturated carbocycles. The van der Waals surface area contributed by atoms with Gasteiger partial charge < -0.3 is 5.73 Å². The Morgan fingerprint density at radius 1 is 1.22 bits per heavy atom. The van der Waals surface area contributed by atoms with Crippen molar-refractivity contribution in [3.8, 4) is 0 Å². The van der Waals surface area contributed by atoms with E-state index in [0.717, 1.165) is 25.9 Å². The number of hydrogen-bond acceptors (Lipinski definition) is 6. The predicted octanol–water partition coefficient (Wildman–Crippen LogP) is -1.03. The van der Waals surface area contributed by atoms with Crippen LogP contribution in [-0.2, 0) is 0 Å². The number of nitrogens with one attached hydrogen (secondary N) is 2. The van der Waals surface area contributed by atoms with Gasteiger partial charge in [-0.2, -0.15) is 0 Å². The molecule has 1 saturated heterocycles. The number of nitrogens with zero attached hydrogens (tertiary/aromatic N) is 3. The van der Waals surface area contributed by atoms with Gasteiger partial charge in [0, 0.05) is 0 Å². The molecule has 4 N–H and O–H groups in total. The fourth-order valence-electron chi connectivity index (χ4n) is 3.35. The second kappa shape index (κ2) is 6.37. The van der Waals surface area contributed by atoms with E-state index in [2.05, 4.69) is 24.9 Å². The molecule has 0 amide bonds. The Balaban J connectivity index is 1.62. The summed E-state index contributed by atoms with van der Waals surface area (Å²) in [6.45, 7) is 4.03. The molecule has 3 rings (SSSR count). The third kappa shape index (κ3) is 3.59. The first-order valence-electron chi connectivity index (χ1n) is 8.29. The lowest BCUT2D eigenvalue weighted by Gasteiger charge is -2.32. The van der Waals surface area contributed by atoms with Crippen molar-refractivity contribution in [1.29, 1.82) is 0 Å². The molecule has 126 valence electrons. The van der Waals surface area contributed by atoms with Gasteiger partial charge in [0.05, 0.1) is 6.17 Å². The minimum atomic E-state index is -0.693. The van der Waals surface area contributed by atoms with Gasteiger partial charge in [0.2, 0.25) is 0 Å². The zero-order valence-electron chi connectivity index (χ0n) is 13.5. The van der Waals surface area contributed by atoms with Crippen LogP contribution in [0.4, 0.5) is 0 Å². The van der Waals surface area contributed by atoms with Crippen LogP contribution >= 0.6 is 0 Å². The normalized spacial score (nSPS) is 25.5. The van der Waals surface area contributed by atoms with Crippen LogP contribution in [0.3, 0.4) is 0 Å². The molecule has 0 aromatic carbocycles. The number of H-pyrrole nitrogens is 2. The van der Waals surface area contributed by atoms with Crippen molar-refractivity contribution in [3.63, 3.8) is 0 Å². The molecule has 1 aromatic rings. The largest absolute Gasteiger partial charge is 0.327 e. The third-order valence-electron chi connectivity index (χ3n) is 4.61. The minimum Gasteiger partial charge on any atom is -0.316 e. The van der Waals surface area contributed by atoms with Gasteiger partial charge in [-0.25, -0.2) is 14.8 Å².